The van der Waals surface area contributed by atoms with E-state index in [-0.39, 0.29) is 23.6 Å². The number of fused-ring (bicyclic) bond motifs is 1. The largest absolute Gasteiger partial charge is 0.292 e. The monoisotopic (exact) mass is 477 g/mol. The molecule has 0 unspecified atom stereocenters. The van der Waals surface area contributed by atoms with E-state index in [0.29, 0.717) is 18.4 Å². The van der Waals surface area contributed by atoms with Crippen LogP contribution in [0.3, 0.4) is 0 Å². The highest BCUT2D eigenvalue weighted by Crippen LogP contribution is 2.42. The number of carbonyl (C=O) groups excluding carboxylic acids is 4. The fraction of sp³-hybridized carbons (Fsp3) is 0.385. The van der Waals surface area contributed by atoms with E-state index < -0.39 is 46.3 Å². The summed E-state index contributed by atoms with van der Waals surface area (Å²) in [4.78, 5) is 64.7. The Kier molecular flexibility index (Phi) is 6.77. The zero-order valence-electron chi connectivity index (χ0n) is 19.6. The Balaban J connectivity index is 1.77. The highest BCUT2D eigenvalue weighted by molar-refractivity contribution is 6.10. The van der Waals surface area contributed by atoms with Gasteiger partial charge in [-0.3, -0.25) is 29.3 Å². The summed E-state index contributed by atoms with van der Waals surface area (Å²) in [5, 5.41) is 12.9. The number of benzene rings is 2. The number of imide groups is 1. The molecule has 0 bridgehead atoms. The minimum absolute atomic E-state index is 0.0405. The summed E-state index contributed by atoms with van der Waals surface area (Å²) in [7, 11) is 0. The van der Waals surface area contributed by atoms with Gasteiger partial charge in [-0.05, 0) is 43.7 Å². The standard InChI is InChI=1S/C26H27N3O6/c1-3-22(23(30)17-7-5-4-6-8-17)27(24(31)18-10-12-19(13-11-18)29(34)35)28-25(32)20-14-9-16(2)15-21(20)26(28)33/h4-8,10-13,16,20-22H,3,9,14-15H2,1-2H3/t16-,20-,21-,22-/m1/s1. The number of amides is 3. The number of hydrazine groups is 1. The lowest BCUT2D eigenvalue weighted by Crippen LogP contribution is -2.57. The van der Waals surface area contributed by atoms with Crippen LogP contribution in [0.25, 0.3) is 0 Å². The summed E-state index contributed by atoms with van der Waals surface area (Å²) in [5.74, 6) is -2.84. The number of ketones is 1. The molecule has 2 aliphatic rings. The Bertz CT molecular complexity index is 1160. The Morgan fingerprint density at radius 2 is 1.63 bits per heavy atom. The molecule has 3 amide bonds. The summed E-state index contributed by atoms with van der Waals surface area (Å²) >= 11 is 0. The Hall–Kier alpha value is -3.88. The third kappa shape index (κ3) is 4.45. The van der Waals surface area contributed by atoms with Crippen LogP contribution in [0.4, 0.5) is 5.69 Å². The molecular weight excluding hydrogens is 450 g/mol. The van der Waals surface area contributed by atoms with E-state index in [1.807, 2.05) is 6.92 Å². The zero-order chi connectivity index (χ0) is 25.3. The van der Waals surface area contributed by atoms with Crippen molar-refractivity contribution in [3.05, 3.63) is 75.8 Å². The average Bonchev–Trinajstić information content (AvgIpc) is 3.11. The van der Waals surface area contributed by atoms with Crippen LogP contribution in [0.5, 0.6) is 0 Å². The van der Waals surface area contributed by atoms with Crippen LogP contribution in [0.15, 0.2) is 54.6 Å². The molecule has 35 heavy (non-hydrogen) atoms. The number of nitro benzene ring substituents is 1. The molecule has 1 aliphatic carbocycles. The Labute approximate surface area is 202 Å². The average molecular weight is 478 g/mol. The van der Waals surface area contributed by atoms with Gasteiger partial charge in [0.1, 0.15) is 6.04 Å². The van der Waals surface area contributed by atoms with Gasteiger partial charge in [-0.15, -0.1) is 0 Å². The molecule has 2 fully saturated rings. The predicted molar refractivity (Wildman–Crippen MR) is 126 cm³/mol. The van der Waals surface area contributed by atoms with Crippen molar-refractivity contribution >= 4 is 29.2 Å². The summed E-state index contributed by atoms with van der Waals surface area (Å²) in [6, 6.07) is 12.2. The molecule has 1 saturated carbocycles. The first kappa shape index (κ1) is 24.3. The van der Waals surface area contributed by atoms with E-state index in [9.17, 15) is 29.3 Å². The minimum atomic E-state index is -1.11. The third-order valence-corrected chi connectivity index (χ3v) is 6.96. The molecule has 0 radical (unpaired) electrons. The normalized spacial score (nSPS) is 22.5. The Morgan fingerprint density at radius 3 is 2.23 bits per heavy atom. The summed E-state index contributed by atoms with van der Waals surface area (Å²) < 4.78 is 0. The minimum Gasteiger partial charge on any atom is -0.292 e. The lowest BCUT2D eigenvalue weighted by molar-refractivity contribution is -0.384. The molecule has 0 aromatic heterocycles. The van der Waals surface area contributed by atoms with Crippen molar-refractivity contribution < 1.29 is 24.1 Å². The van der Waals surface area contributed by atoms with Crippen LogP contribution in [-0.2, 0) is 9.59 Å². The van der Waals surface area contributed by atoms with E-state index in [1.54, 1.807) is 37.3 Å². The van der Waals surface area contributed by atoms with Crippen molar-refractivity contribution in [1.29, 1.82) is 0 Å². The lowest BCUT2D eigenvalue weighted by Gasteiger charge is -2.36. The summed E-state index contributed by atoms with van der Waals surface area (Å²) in [6.07, 6.45) is 2.07. The number of carbonyl (C=O) groups is 4. The fourth-order valence-corrected chi connectivity index (χ4v) is 5.08. The van der Waals surface area contributed by atoms with Gasteiger partial charge in [-0.1, -0.05) is 44.2 Å². The number of hydrogen-bond acceptors (Lipinski definition) is 6. The molecule has 9 heteroatoms. The van der Waals surface area contributed by atoms with Gasteiger partial charge in [0.05, 0.1) is 16.8 Å². The van der Waals surface area contributed by atoms with Crippen molar-refractivity contribution in [2.24, 2.45) is 17.8 Å². The molecule has 2 aromatic rings. The van der Waals surface area contributed by atoms with E-state index in [4.69, 9.17) is 0 Å². The molecule has 4 rings (SSSR count). The van der Waals surface area contributed by atoms with Crippen molar-refractivity contribution in [2.75, 3.05) is 0 Å². The number of non-ortho nitro benzene ring substituents is 1. The van der Waals surface area contributed by atoms with Crippen LogP contribution < -0.4 is 0 Å². The van der Waals surface area contributed by atoms with Crippen LogP contribution in [0.2, 0.25) is 0 Å². The second-order valence-corrected chi connectivity index (χ2v) is 9.23. The van der Waals surface area contributed by atoms with Gasteiger partial charge in [0.2, 0.25) is 0 Å². The van der Waals surface area contributed by atoms with Gasteiger partial charge in [0, 0.05) is 23.3 Å². The van der Waals surface area contributed by atoms with Crippen molar-refractivity contribution in [1.82, 2.24) is 10.0 Å². The number of hydrogen-bond donors (Lipinski definition) is 0. The second kappa shape index (κ2) is 9.77. The highest BCUT2D eigenvalue weighted by Gasteiger charge is 2.54. The molecule has 1 saturated heterocycles. The van der Waals surface area contributed by atoms with E-state index in [1.165, 1.54) is 24.3 Å². The van der Waals surface area contributed by atoms with Gasteiger partial charge in [-0.2, -0.15) is 5.01 Å². The smallest absolute Gasteiger partial charge is 0.273 e. The number of nitrogens with zero attached hydrogens (tertiary/aromatic N) is 3. The van der Waals surface area contributed by atoms with Crippen LogP contribution >= 0.6 is 0 Å². The lowest BCUT2D eigenvalue weighted by atomic mass is 9.76. The quantitative estimate of drug-likeness (QED) is 0.257. The predicted octanol–water partition coefficient (Wildman–Crippen LogP) is 4.03. The number of rotatable bonds is 7. The van der Waals surface area contributed by atoms with E-state index >= 15 is 0 Å². The first-order chi connectivity index (χ1) is 16.7. The molecular formula is C26H27N3O6. The number of nitro groups is 1. The second-order valence-electron chi connectivity index (χ2n) is 9.23. The van der Waals surface area contributed by atoms with E-state index in [2.05, 4.69) is 0 Å². The van der Waals surface area contributed by atoms with Gasteiger partial charge in [0.15, 0.2) is 5.78 Å². The molecule has 0 spiro atoms. The van der Waals surface area contributed by atoms with Crippen molar-refractivity contribution in [3.63, 3.8) is 0 Å². The molecule has 1 heterocycles. The van der Waals surface area contributed by atoms with Gasteiger partial charge in [-0.25, -0.2) is 5.01 Å². The first-order valence-corrected chi connectivity index (χ1v) is 11.8. The van der Waals surface area contributed by atoms with Gasteiger partial charge < -0.3 is 0 Å². The summed E-state index contributed by atoms with van der Waals surface area (Å²) in [6.45, 7) is 3.74. The SMILES string of the molecule is CC[C@H](C(=O)c1ccccc1)N(C(=O)c1ccc([N+](=O)[O-])cc1)N1C(=O)[C@@H]2CC[C@@H](C)C[C@H]2C1=O. The maximum atomic E-state index is 13.8. The van der Waals surface area contributed by atoms with Crippen LogP contribution in [-0.4, -0.2) is 44.5 Å². The van der Waals surface area contributed by atoms with Gasteiger partial charge >= 0.3 is 0 Å². The van der Waals surface area contributed by atoms with Crippen LogP contribution in [0.1, 0.15) is 60.2 Å². The Morgan fingerprint density at radius 1 is 1.00 bits per heavy atom. The number of Topliss-reactive ketones (excluding diaryl/α,β-unsaturated/α-hetero) is 1. The first-order valence-electron chi connectivity index (χ1n) is 11.8. The van der Waals surface area contributed by atoms with E-state index in [0.717, 1.165) is 16.4 Å². The van der Waals surface area contributed by atoms with Crippen molar-refractivity contribution in [3.8, 4) is 0 Å². The summed E-state index contributed by atoms with van der Waals surface area (Å²) in [5.41, 5.74) is 0.193. The maximum absolute atomic E-state index is 13.8. The molecule has 1 aliphatic heterocycles. The maximum Gasteiger partial charge on any atom is 0.273 e. The highest BCUT2D eigenvalue weighted by atomic mass is 16.6. The third-order valence-electron chi connectivity index (χ3n) is 6.96. The molecule has 9 nitrogen and oxygen atoms in total. The molecule has 182 valence electrons. The molecule has 2 aromatic carbocycles. The van der Waals surface area contributed by atoms with Gasteiger partial charge in [0.25, 0.3) is 23.4 Å². The van der Waals surface area contributed by atoms with Crippen LogP contribution in [0, 0.1) is 27.9 Å². The fourth-order valence-electron chi connectivity index (χ4n) is 5.08. The van der Waals surface area contributed by atoms with Crippen molar-refractivity contribution in [2.45, 2.75) is 45.6 Å². The zero-order valence-corrected chi connectivity index (χ0v) is 19.6. The topological polar surface area (TPSA) is 118 Å². The molecule has 0 N–H and O–H groups in total. The molecule has 4 atom stereocenters.